The summed E-state index contributed by atoms with van der Waals surface area (Å²) in [6.07, 6.45) is 3.64. The van der Waals surface area contributed by atoms with Gasteiger partial charge in [0.2, 0.25) is 5.79 Å². The Hall–Kier alpha value is -0.200. The van der Waals surface area contributed by atoms with E-state index in [1.165, 1.54) is 6.42 Å². The minimum absolute atomic E-state index is 0.230. The maximum absolute atomic E-state index is 6.21. The van der Waals surface area contributed by atoms with E-state index in [0.29, 0.717) is 17.8 Å². The van der Waals surface area contributed by atoms with Crippen LogP contribution in [0.4, 0.5) is 0 Å². The van der Waals surface area contributed by atoms with Gasteiger partial charge in [0.25, 0.3) is 0 Å². The van der Waals surface area contributed by atoms with Gasteiger partial charge in [-0.15, -0.1) is 0 Å². The summed E-state index contributed by atoms with van der Waals surface area (Å²) < 4.78 is 17.9. The highest BCUT2D eigenvalue weighted by Crippen LogP contribution is 2.60. The topological polar surface area (TPSA) is 46.2 Å². The van der Waals surface area contributed by atoms with Gasteiger partial charge in [0.1, 0.15) is 0 Å². The first-order chi connectivity index (χ1) is 10.00. The van der Waals surface area contributed by atoms with Crippen molar-refractivity contribution in [2.24, 2.45) is 23.7 Å². The lowest BCUT2D eigenvalue weighted by Crippen LogP contribution is -2.70. The van der Waals surface area contributed by atoms with Gasteiger partial charge in [-0.2, -0.15) is 0 Å². The third kappa shape index (κ3) is 1.81. The molecule has 0 N–H and O–H groups in total. The molecule has 1 saturated carbocycles. The monoisotopic (exact) mass is 298 g/mol. The number of hydrogen-bond donors (Lipinski definition) is 0. The molecule has 1 spiro atoms. The van der Waals surface area contributed by atoms with Gasteiger partial charge in [-0.05, 0) is 38.0 Å². The highest BCUT2D eigenvalue weighted by atomic mass is 17.3. The van der Waals surface area contributed by atoms with E-state index in [1.807, 2.05) is 6.92 Å². The molecule has 2 bridgehead atoms. The van der Waals surface area contributed by atoms with Crippen molar-refractivity contribution in [1.29, 1.82) is 0 Å². The average molecular weight is 298 g/mol. The molecule has 120 valence electrons. The molecular weight excluding hydrogens is 272 g/mol. The summed E-state index contributed by atoms with van der Waals surface area (Å²) in [5.41, 5.74) is -0.470. The highest BCUT2D eigenvalue weighted by molar-refractivity contribution is 5.08. The first-order valence-electron chi connectivity index (χ1n) is 8.23. The minimum atomic E-state index is -0.698. The first kappa shape index (κ1) is 14.4. The molecule has 5 rings (SSSR count). The normalized spacial score (nSPS) is 59.4. The van der Waals surface area contributed by atoms with Crippen molar-refractivity contribution in [2.75, 3.05) is 7.11 Å². The predicted octanol–water partition coefficient (Wildman–Crippen LogP) is 2.84. The molecular formula is C16H26O5. The second-order valence-electron chi connectivity index (χ2n) is 7.51. The van der Waals surface area contributed by atoms with Crippen molar-refractivity contribution in [1.82, 2.24) is 0 Å². The molecule has 5 heteroatoms. The summed E-state index contributed by atoms with van der Waals surface area (Å²) in [5, 5.41) is 0. The lowest BCUT2D eigenvalue weighted by Gasteiger charge is -2.60. The van der Waals surface area contributed by atoms with Crippen LogP contribution in [-0.2, 0) is 24.0 Å². The van der Waals surface area contributed by atoms with E-state index in [-0.39, 0.29) is 12.2 Å². The first-order valence-corrected chi connectivity index (χ1v) is 8.23. The zero-order valence-corrected chi connectivity index (χ0v) is 13.3. The van der Waals surface area contributed by atoms with Gasteiger partial charge in [0.05, 0.1) is 0 Å². The van der Waals surface area contributed by atoms with Crippen LogP contribution in [0.15, 0.2) is 0 Å². The maximum Gasteiger partial charge on any atom is 0.201 e. The zero-order chi connectivity index (χ0) is 14.8. The van der Waals surface area contributed by atoms with Crippen LogP contribution in [0.2, 0.25) is 0 Å². The van der Waals surface area contributed by atoms with Crippen molar-refractivity contribution < 1.29 is 24.0 Å². The lowest BCUT2D eigenvalue weighted by molar-refractivity contribution is -0.577. The molecule has 5 fully saturated rings. The molecule has 1 aliphatic carbocycles. The van der Waals surface area contributed by atoms with Crippen LogP contribution in [0, 0.1) is 23.7 Å². The molecule has 4 saturated heterocycles. The zero-order valence-electron chi connectivity index (χ0n) is 13.3. The third-order valence-electron chi connectivity index (χ3n) is 6.33. The van der Waals surface area contributed by atoms with Gasteiger partial charge in [0, 0.05) is 25.4 Å². The van der Waals surface area contributed by atoms with Crippen LogP contribution in [0.3, 0.4) is 0 Å². The molecule has 4 heterocycles. The Morgan fingerprint density at radius 3 is 2.62 bits per heavy atom. The Balaban J connectivity index is 1.79. The SMILES string of the molecule is COC1O[C@H]2O[C@@]3(C)CC[C@H]4[C@@H](C)CC[C@@H]([C@H]1C)[C@@]24OO3. The van der Waals surface area contributed by atoms with Crippen molar-refractivity contribution in [3.63, 3.8) is 0 Å². The molecule has 8 atom stereocenters. The van der Waals surface area contributed by atoms with Gasteiger partial charge in [-0.25, -0.2) is 9.78 Å². The fraction of sp³-hybridized carbons (Fsp3) is 1.00. The largest absolute Gasteiger partial charge is 0.355 e. The average Bonchev–Trinajstić information content (AvgIpc) is 2.69. The minimum Gasteiger partial charge on any atom is -0.355 e. The highest BCUT2D eigenvalue weighted by Gasteiger charge is 2.69. The van der Waals surface area contributed by atoms with Crippen molar-refractivity contribution in [3.8, 4) is 0 Å². The van der Waals surface area contributed by atoms with Gasteiger partial charge in [-0.3, -0.25) is 0 Å². The van der Waals surface area contributed by atoms with Crippen LogP contribution < -0.4 is 0 Å². The van der Waals surface area contributed by atoms with Crippen molar-refractivity contribution in [3.05, 3.63) is 0 Å². The molecule has 1 unspecified atom stereocenters. The molecule has 4 aliphatic heterocycles. The Bertz CT molecular complexity index is 429. The Labute approximate surface area is 126 Å². The van der Waals surface area contributed by atoms with Crippen LogP contribution in [-0.4, -0.2) is 31.1 Å². The van der Waals surface area contributed by atoms with Gasteiger partial charge in [-0.1, -0.05) is 13.8 Å². The number of hydrogen-bond acceptors (Lipinski definition) is 5. The molecule has 5 nitrogen and oxygen atoms in total. The van der Waals surface area contributed by atoms with Crippen LogP contribution in [0.1, 0.15) is 46.5 Å². The second-order valence-corrected chi connectivity index (χ2v) is 7.51. The van der Waals surface area contributed by atoms with E-state index < -0.39 is 17.7 Å². The fourth-order valence-corrected chi connectivity index (χ4v) is 5.14. The number of fused-ring (bicyclic) bond motifs is 2. The third-order valence-corrected chi connectivity index (χ3v) is 6.33. The van der Waals surface area contributed by atoms with Gasteiger partial charge >= 0.3 is 0 Å². The molecule has 0 amide bonds. The quantitative estimate of drug-likeness (QED) is 0.697. The summed E-state index contributed by atoms with van der Waals surface area (Å²) >= 11 is 0. The van der Waals surface area contributed by atoms with Crippen LogP contribution >= 0.6 is 0 Å². The smallest absolute Gasteiger partial charge is 0.201 e. The standard InChI is InChI=1S/C16H26O5/c1-9-5-6-12-10(2)13(17-4)18-14-16(12)11(9)7-8-15(3,19-14)20-21-16/h9-14H,5-8H2,1-4H3/t9-,10+,11-,12-,13?,14-,15+,16+/m0/s1. The van der Waals surface area contributed by atoms with E-state index in [0.717, 1.165) is 19.3 Å². The molecule has 0 aromatic carbocycles. The Morgan fingerprint density at radius 1 is 1.05 bits per heavy atom. The molecule has 5 aliphatic rings. The van der Waals surface area contributed by atoms with Gasteiger partial charge < -0.3 is 14.2 Å². The van der Waals surface area contributed by atoms with E-state index in [2.05, 4.69) is 13.8 Å². The van der Waals surface area contributed by atoms with Crippen molar-refractivity contribution >= 4 is 0 Å². The fourth-order valence-electron chi connectivity index (χ4n) is 5.14. The van der Waals surface area contributed by atoms with Crippen LogP contribution in [0.5, 0.6) is 0 Å². The van der Waals surface area contributed by atoms with E-state index in [4.69, 9.17) is 24.0 Å². The van der Waals surface area contributed by atoms with E-state index in [9.17, 15) is 0 Å². The predicted molar refractivity (Wildman–Crippen MR) is 73.8 cm³/mol. The summed E-state index contributed by atoms with van der Waals surface area (Å²) in [4.78, 5) is 11.8. The molecule has 0 radical (unpaired) electrons. The van der Waals surface area contributed by atoms with Gasteiger partial charge in [0.15, 0.2) is 18.2 Å². The summed E-state index contributed by atoms with van der Waals surface area (Å²) in [7, 11) is 1.70. The van der Waals surface area contributed by atoms with Crippen molar-refractivity contribution in [2.45, 2.75) is 70.4 Å². The Morgan fingerprint density at radius 2 is 1.86 bits per heavy atom. The molecule has 0 aromatic rings. The number of ether oxygens (including phenoxy) is 3. The number of rotatable bonds is 1. The number of methoxy groups -OCH3 is 1. The summed E-state index contributed by atoms with van der Waals surface area (Å²) in [6.45, 7) is 6.46. The van der Waals surface area contributed by atoms with E-state index in [1.54, 1.807) is 7.11 Å². The van der Waals surface area contributed by atoms with E-state index >= 15 is 0 Å². The molecule has 0 aromatic heterocycles. The Kier molecular flexibility index (Phi) is 3.19. The summed E-state index contributed by atoms with van der Waals surface area (Å²) in [5.74, 6) is 0.953. The maximum atomic E-state index is 6.21. The molecule has 21 heavy (non-hydrogen) atoms. The second kappa shape index (κ2) is 4.65. The summed E-state index contributed by atoms with van der Waals surface area (Å²) in [6, 6.07) is 0. The lowest BCUT2D eigenvalue weighted by atomic mass is 9.58. The van der Waals surface area contributed by atoms with Crippen LogP contribution in [0.25, 0.3) is 0 Å².